The fraction of sp³-hybridized carbons (Fsp3) is 0.259. The molecule has 0 spiro atoms. The molecule has 8 nitrogen and oxygen atoms in total. The second-order valence-corrected chi connectivity index (χ2v) is 11.5. The number of nitrogens with one attached hydrogen (secondary N) is 4. The van der Waals surface area contributed by atoms with E-state index >= 15 is 0 Å². The van der Waals surface area contributed by atoms with Crippen LogP contribution in [0.3, 0.4) is 0 Å². The smallest absolute Gasteiger partial charge is 0.209 e. The van der Waals surface area contributed by atoms with Gasteiger partial charge in [-0.3, -0.25) is 10.1 Å². The highest BCUT2D eigenvalue weighted by atomic mass is 32.2. The molecule has 190 valence electrons. The molecular formula is C27H27FN6O2S. The van der Waals surface area contributed by atoms with Crippen molar-refractivity contribution in [2.75, 3.05) is 19.3 Å². The Bertz CT molecular complexity index is 1720. The van der Waals surface area contributed by atoms with Crippen LogP contribution in [0.1, 0.15) is 30.0 Å². The Balaban J connectivity index is 1.40. The maximum Gasteiger partial charge on any atom is 0.209 e. The number of benzene rings is 2. The standard InChI is InChI=1S/C27H27FN6O2S/c1-37(35,36)31-14-16-9-18(11-19(28)10-16)20-3-2-4-23-21(20)12-25(32-23)27-22-13-24(17-5-7-29-8-6-17)30-15-26(22)33-34-27/h2-4,9-13,15,17,29,31-32H,5-8,14H2,1H3,(H,33,34). The predicted molar refractivity (Wildman–Crippen MR) is 143 cm³/mol. The molecular weight excluding hydrogens is 491 g/mol. The van der Waals surface area contributed by atoms with Crippen LogP contribution >= 0.6 is 0 Å². The van der Waals surface area contributed by atoms with Crippen molar-refractivity contribution in [1.29, 1.82) is 0 Å². The van der Waals surface area contributed by atoms with Gasteiger partial charge < -0.3 is 10.3 Å². The largest absolute Gasteiger partial charge is 0.353 e. The molecule has 0 unspecified atom stereocenters. The summed E-state index contributed by atoms with van der Waals surface area (Å²) in [5, 5.41) is 13.0. The second-order valence-electron chi connectivity index (χ2n) is 9.64. The minimum absolute atomic E-state index is 0.0185. The van der Waals surface area contributed by atoms with Crippen molar-refractivity contribution >= 4 is 31.8 Å². The van der Waals surface area contributed by atoms with Crippen LogP contribution in [-0.4, -0.2) is 47.9 Å². The van der Waals surface area contributed by atoms with Crippen molar-refractivity contribution in [3.8, 4) is 22.5 Å². The molecule has 10 heteroatoms. The number of sulfonamides is 1. The van der Waals surface area contributed by atoms with Gasteiger partial charge in [0.2, 0.25) is 10.0 Å². The molecule has 0 atom stereocenters. The van der Waals surface area contributed by atoms with E-state index in [0.29, 0.717) is 17.0 Å². The number of piperidine rings is 1. The number of halogens is 1. The molecule has 0 radical (unpaired) electrons. The number of pyridine rings is 1. The molecule has 37 heavy (non-hydrogen) atoms. The Morgan fingerprint density at radius 3 is 2.70 bits per heavy atom. The molecule has 1 fully saturated rings. The maximum absolute atomic E-state index is 14.5. The molecule has 4 N–H and O–H groups in total. The minimum Gasteiger partial charge on any atom is -0.353 e. The van der Waals surface area contributed by atoms with Crippen LogP contribution in [0.5, 0.6) is 0 Å². The fourth-order valence-corrected chi connectivity index (χ4v) is 5.56. The number of rotatable bonds is 6. The molecule has 4 heterocycles. The Kier molecular flexibility index (Phi) is 6.02. The van der Waals surface area contributed by atoms with Crippen LogP contribution in [0.4, 0.5) is 4.39 Å². The van der Waals surface area contributed by atoms with Crippen LogP contribution in [0.15, 0.2) is 54.7 Å². The molecule has 1 aliphatic heterocycles. The molecule has 6 rings (SSSR count). The Hall–Kier alpha value is -3.60. The van der Waals surface area contributed by atoms with Gasteiger partial charge in [0.05, 0.1) is 23.7 Å². The summed E-state index contributed by atoms with van der Waals surface area (Å²) in [6.45, 7) is 2.02. The zero-order valence-corrected chi connectivity index (χ0v) is 21.1. The van der Waals surface area contributed by atoms with E-state index in [0.717, 1.165) is 76.6 Å². The average molecular weight is 519 g/mol. The van der Waals surface area contributed by atoms with Crippen molar-refractivity contribution < 1.29 is 12.8 Å². The fourth-order valence-electron chi connectivity index (χ4n) is 5.14. The zero-order valence-electron chi connectivity index (χ0n) is 20.3. The lowest BCUT2D eigenvalue weighted by atomic mass is 9.93. The van der Waals surface area contributed by atoms with E-state index in [2.05, 4.69) is 31.3 Å². The van der Waals surface area contributed by atoms with E-state index in [9.17, 15) is 12.8 Å². The summed E-state index contributed by atoms with van der Waals surface area (Å²) in [6.07, 6.45) is 5.07. The number of aromatic amines is 2. The van der Waals surface area contributed by atoms with Crippen molar-refractivity contribution in [3.05, 3.63) is 71.8 Å². The molecule has 3 aromatic heterocycles. The monoisotopic (exact) mass is 518 g/mol. The van der Waals surface area contributed by atoms with Crippen LogP contribution in [-0.2, 0) is 16.6 Å². The maximum atomic E-state index is 14.5. The van der Waals surface area contributed by atoms with E-state index in [1.54, 1.807) is 0 Å². The predicted octanol–water partition coefficient (Wildman–Crippen LogP) is 4.43. The van der Waals surface area contributed by atoms with Gasteiger partial charge in [-0.2, -0.15) is 5.10 Å². The summed E-state index contributed by atoms with van der Waals surface area (Å²) in [7, 11) is -3.39. The first-order valence-corrected chi connectivity index (χ1v) is 14.1. The van der Waals surface area contributed by atoms with Crippen LogP contribution < -0.4 is 10.0 Å². The van der Waals surface area contributed by atoms with Gasteiger partial charge in [-0.25, -0.2) is 17.5 Å². The first-order chi connectivity index (χ1) is 17.8. The third-order valence-electron chi connectivity index (χ3n) is 6.95. The first kappa shape index (κ1) is 23.8. The van der Waals surface area contributed by atoms with E-state index in [1.165, 1.54) is 12.1 Å². The third-order valence-corrected chi connectivity index (χ3v) is 7.62. The van der Waals surface area contributed by atoms with Gasteiger partial charge >= 0.3 is 0 Å². The van der Waals surface area contributed by atoms with Crippen molar-refractivity contribution in [3.63, 3.8) is 0 Å². The number of nitrogens with zero attached hydrogens (tertiary/aromatic N) is 2. The highest BCUT2D eigenvalue weighted by Gasteiger charge is 2.19. The topological polar surface area (TPSA) is 116 Å². The Labute approximate surface area is 213 Å². The number of fused-ring (bicyclic) bond motifs is 2. The van der Waals surface area contributed by atoms with E-state index in [-0.39, 0.29) is 6.54 Å². The highest BCUT2D eigenvalue weighted by Crippen LogP contribution is 2.35. The quantitative estimate of drug-likeness (QED) is 0.266. The summed E-state index contributed by atoms with van der Waals surface area (Å²) >= 11 is 0. The van der Waals surface area contributed by atoms with Gasteiger partial charge in [0.1, 0.15) is 11.5 Å². The number of hydrogen-bond donors (Lipinski definition) is 4. The summed E-state index contributed by atoms with van der Waals surface area (Å²) in [5.74, 6) is 0.00822. The summed E-state index contributed by atoms with van der Waals surface area (Å²) in [5.41, 5.74) is 6.59. The second kappa shape index (κ2) is 9.37. The van der Waals surface area contributed by atoms with Crippen LogP contribution in [0, 0.1) is 5.82 Å². The minimum atomic E-state index is -3.39. The normalized spacial score (nSPS) is 15.1. The molecule has 0 amide bonds. The lowest BCUT2D eigenvalue weighted by Gasteiger charge is -2.22. The molecule has 0 saturated carbocycles. The molecule has 0 bridgehead atoms. The average Bonchev–Trinajstić information content (AvgIpc) is 3.51. The molecule has 1 saturated heterocycles. The van der Waals surface area contributed by atoms with Crippen LogP contribution in [0.2, 0.25) is 0 Å². The molecule has 2 aromatic carbocycles. The lowest BCUT2D eigenvalue weighted by Crippen LogP contribution is -2.27. The first-order valence-electron chi connectivity index (χ1n) is 12.3. The van der Waals surface area contributed by atoms with Gasteiger partial charge in [-0.1, -0.05) is 12.1 Å². The number of aromatic nitrogens is 4. The van der Waals surface area contributed by atoms with E-state index < -0.39 is 15.8 Å². The van der Waals surface area contributed by atoms with Gasteiger partial charge in [-0.05, 0) is 79.0 Å². The SMILES string of the molecule is CS(=O)(=O)NCc1cc(F)cc(-c2cccc3[nH]c(-c4n[nH]c5cnc(C6CCNCC6)cc45)cc23)c1. The summed E-state index contributed by atoms with van der Waals surface area (Å²) in [4.78, 5) is 8.17. The third kappa shape index (κ3) is 4.87. The highest BCUT2D eigenvalue weighted by molar-refractivity contribution is 7.88. The van der Waals surface area contributed by atoms with Crippen molar-refractivity contribution in [2.24, 2.45) is 0 Å². The molecule has 0 aliphatic carbocycles. The van der Waals surface area contributed by atoms with E-state index in [4.69, 9.17) is 4.98 Å². The van der Waals surface area contributed by atoms with Crippen molar-refractivity contribution in [2.45, 2.75) is 25.3 Å². The molecule has 1 aliphatic rings. The Morgan fingerprint density at radius 1 is 1.05 bits per heavy atom. The summed E-state index contributed by atoms with van der Waals surface area (Å²) < 4.78 is 40.0. The summed E-state index contributed by atoms with van der Waals surface area (Å²) in [6, 6.07) is 14.6. The number of hydrogen-bond acceptors (Lipinski definition) is 5. The van der Waals surface area contributed by atoms with Gasteiger partial charge in [0.25, 0.3) is 0 Å². The van der Waals surface area contributed by atoms with E-state index in [1.807, 2.05) is 36.5 Å². The van der Waals surface area contributed by atoms with Gasteiger partial charge in [0.15, 0.2) is 0 Å². The Morgan fingerprint density at radius 2 is 1.89 bits per heavy atom. The lowest BCUT2D eigenvalue weighted by molar-refractivity contribution is 0.453. The van der Waals surface area contributed by atoms with Crippen molar-refractivity contribution in [1.82, 2.24) is 30.2 Å². The zero-order chi connectivity index (χ0) is 25.6. The van der Waals surface area contributed by atoms with Gasteiger partial charge in [-0.15, -0.1) is 0 Å². The number of H-pyrrole nitrogens is 2. The molecule has 5 aromatic rings. The van der Waals surface area contributed by atoms with Crippen LogP contribution in [0.25, 0.3) is 44.3 Å². The van der Waals surface area contributed by atoms with Gasteiger partial charge in [0, 0.05) is 34.4 Å².